The molecule has 23 heteroatoms. The van der Waals surface area contributed by atoms with Crippen LogP contribution >= 0.6 is 0 Å². The molecular formula is C47H51N13O10. The van der Waals surface area contributed by atoms with E-state index in [0.717, 1.165) is 4.90 Å². The summed E-state index contributed by atoms with van der Waals surface area (Å²) in [5.74, 6) is -2.40. The number of hydrogen-bond acceptors (Lipinski definition) is 14. The van der Waals surface area contributed by atoms with Crippen LogP contribution in [-0.2, 0) is 40.4 Å². The van der Waals surface area contributed by atoms with Crippen molar-refractivity contribution in [1.82, 2.24) is 43.7 Å². The number of likely N-dealkylation sites (tertiary alicyclic amines) is 1. The van der Waals surface area contributed by atoms with Crippen LogP contribution < -0.4 is 31.6 Å². The Morgan fingerprint density at radius 2 is 1.40 bits per heavy atom. The zero-order valence-electron chi connectivity index (χ0n) is 39.1. The molecule has 6 heterocycles. The van der Waals surface area contributed by atoms with Gasteiger partial charge in [0.1, 0.15) is 28.2 Å². The third-order valence-electron chi connectivity index (χ3n) is 11.9. The van der Waals surface area contributed by atoms with E-state index in [1.807, 2.05) is 13.8 Å². The number of primary amides is 2. The molecule has 1 saturated heterocycles. The number of allylic oxidation sites excluding steroid dienone is 2. The predicted octanol–water partition coefficient (Wildman–Crippen LogP) is 3.28. The van der Waals surface area contributed by atoms with Gasteiger partial charge in [-0.2, -0.15) is 5.10 Å². The van der Waals surface area contributed by atoms with E-state index < -0.39 is 35.4 Å². The number of rotatable bonds is 20. The van der Waals surface area contributed by atoms with Crippen molar-refractivity contribution in [2.45, 2.75) is 66.6 Å². The maximum Gasteiger partial charge on any atom is 0.295 e. The van der Waals surface area contributed by atoms with Gasteiger partial charge in [-0.25, -0.2) is 15.0 Å². The number of nitrogens with zero attached hydrogens (tertiary/aromatic N) is 9. The van der Waals surface area contributed by atoms with Gasteiger partial charge >= 0.3 is 0 Å². The second kappa shape index (κ2) is 19.9. The van der Waals surface area contributed by atoms with Crippen molar-refractivity contribution in [3.05, 3.63) is 94.5 Å². The third-order valence-corrected chi connectivity index (χ3v) is 11.9. The first kappa shape index (κ1) is 47.8. The van der Waals surface area contributed by atoms with Gasteiger partial charge in [0.15, 0.2) is 5.89 Å². The number of imide groups is 1. The lowest BCUT2D eigenvalue weighted by Crippen LogP contribution is -2.51. The van der Waals surface area contributed by atoms with E-state index in [1.165, 1.54) is 43.5 Å². The Kier molecular flexibility index (Phi) is 13.6. The third kappa shape index (κ3) is 9.70. The topological polar surface area (TPSA) is 300 Å². The highest BCUT2D eigenvalue weighted by molar-refractivity contribution is 6.13. The summed E-state index contributed by atoms with van der Waals surface area (Å²) in [7, 11) is 1.44. The van der Waals surface area contributed by atoms with Crippen LogP contribution in [0.1, 0.15) is 85.7 Å². The van der Waals surface area contributed by atoms with Gasteiger partial charge in [0.05, 0.1) is 36.1 Å². The molecule has 2 aromatic carbocycles. The molecule has 0 saturated carbocycles. The number of imidazole rings is 2. The molecule has 1 fully saturated rings. The van der Waals surface area contributed by atoms with Crippen LogP contribution in [0.5, 0.6) is 11.5 Å². The minimum Gasteiger partial charge on any atom is -0.494 e. The molecule has 2 aliphatic rings. The van der Waals surface area contributed by atoms with Crippen LogP contribution in [-0.4, -0.2) is 118 Å². The molecule has 6 aromatic rings. The lowest BCUT2D eigenvalue weighted by Gasteiger charge is -2.39. The summed E-state index contributed by atoms with van der Waals surface area (Å²) in [6, 6.07) is 7.66. The fourth-order valence-electron chi connectivity index (χ4n) is 8.41. The Bertz CT molecular complexity index is 3150. The van der Waals surface area contributed by atoms with Crippen LogP contribution in [0.15, 0.2) is 59.1 Å². The number of ether oxygens (including phenoxy) is 2. The molecule has 70 heavy (non-hydrogen) atoms. The van der Waals surface area contributed by atoms with Gasteiger partial charge < -0.3 is 39.4 Å². The normalized spacial score (nSPS) is 13.8. The number of benzene rings is 2. The molecule has 8 rings (SSSR count). The monoisotopic (exact) mass is 957 g/mol. The molecule has 7 amide bonds. The van der Waals surface area contributed by atoms with Crippen molar-refractivity contribution >= 4 is 75.3 Å². The first-order valence-corrected chi connectivity index (χ1v) is 22.5. The Morgan fingerprint density at radius 3 is 1.97 bits per heavy atom. The van der Waals surface area contributed by atoms with E-state index in [1.54, 1.807) is 50.8 Å². The fourth-order valence-corrected chi connectivity index (χ4v) is 8.41. The van der Waals surface area contributed by atoms with Crippen molar-refractivity contribution < 1.29 is 47.5 Å². The smallest absolute Gasteiger partial charge is 0.295 e. The zero-order chi connectivity index (χ0) is 50.0. The van der Waals surface area contributed by atoms with E-state index in [-0.39, 0.29) is 90.3 Å². The van der Waals surface area contributed by atoms with Crippen LogP contribution in [0.4, 0.5) is 11.9 Å². The predicted molar refractivity (Wildman–Crippen MR) is 252 cm³/mol. The number of nitrogens with two attached hydrogens (primary N) is 2. The second-order valence-corrected chi connectivity index (χ2v) is 16.7. The van der Waals surface area contributed by atoms with Crippen molar-refractivity contribution in [2.24, 2.45) is 17.4 Å². The standard InChI is InChI=1S/C47H51N13O10/c1-6-30-41(70-26(4)50-30)45(67)54-47-52-32-20-29(43(49)65)22-35(69-17-13-27-23-56(24-27)36(61)12-16-57-37(62)10-11-38(57)63)40(32)59(47)15-9-8-14-58-39-31(19-28(42(48)64)21-34(39)68-5)51-46(58)53-44(66)33-18-25(3)55-60(33)7-2/h8-11,18-22,27H,6-7,12-17,23-24H2,1-5H3,(H2,48,64)(H2,49,65)(H,51,53,66)(H,52,54,67). The number of aromatic nitrogens is 7. The Morgan fingerprint density at radius 1 is 0.814 bits per heavy atom. The summed E-state index contributed by atoms with van der Waals surface area (Å²) in [6.07, 6.45) is 6.92. The summed E-state index contributed by atoms with van der Waals surface area (Å²) < 4.78 is 22.7. The van der Waals surface area contributed by atoms with Gasteiger partial charge in [-0.1, -0.05) is 19.1 Å². The summed E-state index contributed by atoms with van der Waals surface area (Å²) in [5, 5.41) is 10.1. The lowest BCUT2D eigenvalue weighted by atomic mass is 9.96. The van der Waals surface area contributed by atoms with Gasteiger partial charge in [0.25, 0.3) is 23.6 Å². The lowest BCUT2D eigenvalue weighted by molar-refractivity contribution is -0.140. The first-order valence-electron chi connectivity index (χ1n) is 22.5. The Hall–Kier alpha value is -8.63. The number of fused-ring (bicyclic) bond motifs is 2. The molecule has 0 atom stereocenters. The zero-order valence-corrected chi connectivity index (χ0v) is 39.1. The average Bonchev–Trinajstić information content (AvgIpc) is 4.14. The molecule has 0 bridgehead atoms. The highest BCUT2D eigenvalue weighted by atomic mass is 16.5. The maximum atomic E-state index is 13.8. The fraction of sp³-hybridized carbons (Fsp3) is 0.340. The van der Waals surface area contributed by atoms with Gasteiger partial charge in [-0.3, -0.25) is 53.8 Å². The van der Waals surface area contributed by atoms with E-state index in [0.29, 0.717) is 72.0 Å². The number of carbonyl (C=O) groups excluding carboxylic acids is 7. The number of amides is 7. The number of oxazole rings is 1. The average molecular weight is 958 g/mol. The molecule has 23 nitrogen and oxygen atoms in total. The summed E-state index contributed by atoms with van der Waals surface area (Å²) in [4.78, 5) is 106. The van der Waals surface area contributed by atoms with E-state index >= 15 is 0 Å². The van der Waals surface area contributed by atoms with E-state index in [2.05, 4.69) is 25.7 Å². The molecular weight excluding hydrogens is 907 g/mol. The SMILES string of the molecule is CCc1nc(C)oc1C(=O)Nc1nc2cc(C(N)=O)cc(OCCC3CN(C(=O)CCN4C(=O)C=CC4=O)C3)c2n1CC=CCn1c(NC(=O)c2cc(C)nn2CC)nc2cc(C(N)=O)cc(OC)c21. The number of hydrogen-bond donors (Lipinski definition) is 4. The molecule has 6 N–H and O–H groups in total. The van der Waals surface area contributed by atoms with Crippen molar-refractivity contribution in [1.29, 1.82) is 0 Å². The highest BCUT2D eigenvalue weighted by Crippen LogP contribution is 2.34. The van der Waals surface area contributed by atoms with Gasteiger partial charge in [-0.15, -0.1) is 0 Å². The summed E-state index contributed by atoms with van der Waals surface area (Å²) >= 11 is 0. The van der Waals surface area contributed by atoms with Crippen LogP contribution in [0.2, 0.25) is 0 Å². The number of aryl methyl sites for hydroxylation is 4. The molecule has 4 aromatic heterocycles. The molecule has 0 spiro atoms. The number of methoxy groups -OCH3 is 1. The van der Waals surface area contributed by atoms with E-state index in [9.17, 15) is 33.6 Å². The second-order valence-electron chi connectivity index (χ2n) is 16.7. The highest BCUT2D eigenvalue weighted by Gasteiger charge is 2.32. The van der Waals surface area contributed by atoms with Gasteiger partial charge in [0.2, 0.25) is 35.4 Å². The molecule has 2 aliphatic heterocycles. The van der Waals surface area contributed by atoms with Gasteiger partial charge in [-0.05, 0) is 62.9 Å². The molecule has 0 aliphatic carbocycles. The largest absolute Gasteiger partial charge is 0.494 e. The van der Waals surface area contributed by atoms with Gasteiger partial charge in [0, 0.05) is 75.9 Å². The van der Waals surface area contributed by atoms with E-state index in [4.69, 9.17) is 30.3 Å². The summed E-state index contributed by atoms with van der Waals surface area (Å²) in [5.41, 5.74) is 14.6. The number of carbonyl (C=O) groups is 7. The molecule has 0 unspecified atom stereocenters. The Labute approximate surface area is 399 Å². The minimum atomic E-state index is -0.735. The van der Waals surface area contributed by atoms with Crippen molar-refractivity contribution in [3.8, 4) is 11.5 Å². The quantitative estimate of drug-likeness (QED) is 0.0631. The maximum absolute atomic E-state index is 13.8. The Balaban J connectivity index is 1.08. The van der Waals surface area contributed by atoms with Crippen LogP contribution in [0.25, 0.3) is 22.1 Å². The van der Waals surface area contributed by atoms with Crippen LogP contribution in [0.3, 0.4) is 0 Å². The number of nitrogens with one attached hydrogen (secondary N) is 2. The minimum absolute atomic E-state index is 0.00333. The first-order chi connectivity index (χ1) is 33.6. The molecule has 364 valence electrons. The number of anilines is 2. The van der Waals surface area contributed by atoms with Crippen molar-refractivity contribution in [2.75, 3.05) is 44.0 Å². The summed E-state index contributed by atoms with van der Waals surface area (Å²) in [6.45, 7) is 8.85. The van der Waals surface area contributed by atoms with Crippen LogP contribution in [0, 0.1) is 19.8 Å². The van der Waals surface area contributed by atoms with Crippen molar-refractivity contribution in [3.63, 3.8) is 0 Å². The molecule has 0 radical (unpaired) electrons.